The van der Waals surface area contributed by atoms with Gasteiger partial charge in [-0.05, 0) is 31.5 Å². The second kappa shape index (κ2) is 7.65. The lowest BCUT2D eigenvalue weighted by atomic mass is 10.2. The summed E-state index contributed by atoms with van der Waals surface area (Å²) in [5.74, 6) is 1.48. The maximum absolute atomic E-state index is 8.75. The van der Waals surface area contributed by atoms with Crippen molar-refractivity contribution in [3.05, 3.63) is 35.0 Å². The summed E-state index contributed by atoms with van der Waals surface area (Å²) < 4.78 is 5.30. The predicted molar refractivity (Wildman–Crippen MR) is 96.5 cm³/mol. The number of nitrogens with zero attached hydrogens (tertiary/aromatic N) is 3. The van der Waals surface area contributed by atoms with E-state index in [-0.39, 0.29) is 6.61 Å². The van der Waals surface area contributed by atoms with E-state index in [4.69, 9.17) is 19.8 Å². The highest BCUT2D eigenvalue weighted by Crippen LogP contribution is 2.34. The van der Waals surface area contributed by atoms with Gasteiger partial charge in [-0.15, -0.1) is 11.3 Å². The predicted octanol–water partition coefficient (Wildman–Crippen LogP) is 2.79. The molecule has 126 valence electrons. The Morgan fingerprint density at radius 2 is 2.12 bits per heavy atom. The highest BCUT2D eigenvalue weighted by molar-refractivity contribution is 7.18. The molecule has 0 aliphatic carbocycles. The first-order valence-corrected chi connectivity index (χ1v) is 8.63. The van der Waals surface area contributed by atoms with E-state index in [1.165, 1.54) is 10.4 Å². The number of thiophene rings is 1. The molecule has 0 unspecified atom stereocenters. The van der Waals surface area contributed by atoms with Gasteiger partial charge in [0, 0.05) is 29.4 Å². The van der Waals surface area contributed by atoms with Gasteiger partial charge in [0.1, 0.15) is 10.6 Å². The van der Waals surface area contributed by atoms with Crippen molar-refractivity contribution in [1.29, 1.82) is 0 Å². The Bertz CT molecular complexity index is 820. The van der Waals surface area contributed by atoms with Crippen LogP contribution in [-0.4, -0.2) is 46.4 Å². The topological polar surface area (TPSA) is 80.2 Å². The minimum absolute atomic E-state index is 0.0335. The zero-order chi connectivity index (χ0) is 16.9. The van der Waals surface area contributed by atoms with E-state index in [0.717, 1.165) is 21.6 Å². The molecule has 7 heteroatoms. The van der Waals surface area contributed by atoms with E-state index >= 15 is 0 Å². The fourth-order valence-electron chi connectivity index (χ4n) is 2.41. The minimum atomic E-state index is 0.0335. The monoisotopic (exact) mass is 344 g/mol. The second-order valence-electron chi connectivity index (χ2n) is 5.36. The van der Waals surface area contributed by atoms with Crippen LogP contribution in [0.4, 0.5) is 5.82 Å². The molecule has 0 aromatic carbocycles. The molecular formula is C17H20N4O2S. The quantitative estimate of drug-likeness (QED) is 0.642. The number of pyridine rings is 1. The zero-order valence-electron chi connectivity index (χ0n) is 13.7. The lowest BCUT2D eigenvalue weighted by Gasteiger charge is -2.10. The first-order chi connectivity index (χ1) is 11.7. The van der Waals surface area contributed by atoms with Gasteiger partial charge < -0.3 is 15.2 Å². The number of ether oxygens (including phenoxy) is 1. The van der Waals surface area contributed by atoms with Gasteiger partial charge in [-0.2, -0.15) is 0 Å². The van der Waals surface area contributed by atoms with Crippen molar-refractivity contribution in [3.63, 3.8) is 0 Å². The molecule has 0 bridgehead atoms. The number of nitrogens with one attached hydrogen (secondary N) is 1. The maximum atomic E-state index is 8.75. The van der Waals surface area contributed by atoms with E-state index in [9.17, 15) is 0 Å². The second-order valence-corrected chi connectivity index (χ2v) is 6.57. The Morgan fingerprint density at radius 1 is 1.25 bits per heavy atom. The minimum Gasteiger partial charge on any atom is -0.394 e. The summed E-state index contributed by atoms with van der Waals surface area (Å²) >= 11 is 1.67. The van der Waals surface area contributed by atoms with Crippen LogP contribution in [0.25, 0.3) is 21.6 Å². The molecule has 0 saturated heterocycles. The Kier molecular flexibility index (Phi) is 5.34. The van der Waals surface area contributed by atoms with E-state index in [2.05, 4.69) is 24.1 Å². The smallest absolute Gasteiger partial charge is 0.164 e. The van der Waals surface area contributed by atoms with Crippen molar-refractivity contribution in [1.82, 2.24) is 15.0 Å². The molecule has 0 fully saturated rings. The molecule has 3 heterocycles. The Hall–Kier alpha value is -2.09. The zero-order valence-corrected chi connectivity index (χ0v) is 14.6. The van der Waals surface area contributed by atoms with Crippen molar-refractivity contribution in [2.45, 2.75) is 13.8 Å². The summed E-state index contributed by atoms with van der Waals surface area (Å²) in [6.45, 7) is 5.70. The fraction of sp³-hybridized carbons (Fsp3) is 0.353. The normalized spacial score (nSPS) is 11.1. The van der Waals surface area contributed by atoms with Gasteiger partial charge in [-0.1, -0.05) is 0 Å². The molecule has 6 nitrogen and oxygen atoms in total. The number of aliphatic hydroxyl groups is 1. The molecule has 0 spiro atoms. The summed E-state index contributed by atoms with van der Waals surface area (Å²) in [7, 11) is 0. The number of anilines is 1. The van der Waals surface area contributed by atoms with Crippen LogP contribution in [0.2, 0.25) is 0 Å². The van der Waals surface area contributed by atoms with Crippen LogP contribution in [0.5, 0.6) is 0 Å². The van der Waals surface area contributed by atoms with Gasteiger partial charge in [0.25, 0.3) is 0 Å². The molecule has 0 aliphatic rings. The average Bonchev–Trinajstić information content (AvgIpc) is 2.90. The molecule has 2 N–H and O–H groups in total. The van der Waals surface area contributed by atoms with Gasteiger partial charge in [-0.3, -0.25) is 4.98 Å². The van der Waals surface area contributed by atoms with Crippen LogP contribution in [0.15, 0.2) is 24.5 Å². The average molecular weight is 344 g/mol. The summed E-state index contributed by atoms with van der Waals surface area (Å²) in [6, 6.07) is 3.83. The van der Waals surface area contributed by atoms with Crippen LogP contribution < -0.4 is 5.32 Å². The van der Waals surface area contributed by atoms with Gasteiger partial charge in [0.15, 0.2) is 5.82 Å². The first-order valence-electron chi connectivity index (χ1n) is 7.81. The lowest BCUT2D eigenvalue weighted by Crippen LogP contribution is -2.13. The summed E-state index contributed by atoms with van der Waals surface area (Å²) in [4.78, 5) is 15.8. The molecule has 24 heavy (non-hydrogen) atoms. The number of fused-ring (bicyclic) bond motifs is 1. The number of aromatic nitrogens is 3. The van der Waals surface area contributed by atoms with Gasteiger partial charge in [0.05, 0.1) is 25.2 Å². The van der Waals surface area contributed by atoms with Crippen LogP contribution in [0, 0.1) is 13.8 Å². The molecule has 0 aliphatic heterocycles. The van der Waals surface area contributed by atoms with E-state index < -0.39 is 0 Å². The van der Waals surface area contributed by atoms with Gasteiger partial charge in [-0.25, -0.2) is 9.97 Å². The van der Waals surface area contributed by atoms with Crippen LogP contribution in [-0.2, 0) is 4.74 Å². The number of aliphatic hydroxyl groups excluding tert-OH is 1. The summed E-state index contributed by atoms with van der Waals surface area (Å²) in [5, 5.41) is 13.2. The first kappa shape index (κ1) is 16.8. The van der Waals surface area contributed by atoms with E-state index in [1.54, 1.807) is 23.7 Å². The van der Waals surface area contributed by atoms with Crippen LogP contribution in [0.3, 0.4) is 0 Å². The number of hydrogen-bond donors (Lipinski definition) is 2. The van der Waals surface area contributed by atoms with Crippen molar-refractivity contribution >= 4 is 27.4 Å². The Morgan fingerprint density at radius 3 is 2.88 bits per heavy atom. The lowest BCUT2D eigenvalue weighted by molar-refractivity contribution is 0.0992. The third kappa shape index (κ3) is 3.53. The highest BCUT2D eigenvalue weighted by atomic mass is 32.1. The van der Waals surface area contributed by atoms with E-state index in [1.807, 2.05) is 12.1 Å². The SMILES string of the molecule is Cc1sc2nc(-c3cccnc3)nc(NCCOCCO)c2c1C. The standard InChI is InChI=1S/C17H20N4O2S/c1-11-12(2)24-17-14(11)16(19-6-8-23-9-7-22)20-15(21-17)13-4-3-5-18-10-13/h3-5,10,22H,6-9H2,1-2H3,(H,19,20,21). The Labute approximate surface area is 144 Å². The number of hydrogen-bond acceptors (Lipinski definition) is 7. The number of rotatable bonds is 7. The van der Waals surface area contributed by atoms with Crippen LogP contribution >= 0.6 is 11.3 Å². The molecule has 0 radical (unpaired) electrons. The van der Waals surface area contributed by atoms with Crippen molar-refractivity contribution < 1.29 is 9.84 Å². The van der Waals surface area contributed by atoms with Gasteiger partial charge in [0.2, 0.25) is 0 Å². The van der Waals surface area contributed by atoms with Crippen LogP contribution in [0.1, 0.15) is 10.4 Å². The molecular weight excluding hydrogens is 324 g/mol. The molecule has 0 atom stereocenters. The summed E-state index contributed by atoms with van der Waals surface area (Å²) in [6.07, 6.45) is 3.50. The van der Waals surface area contributed by atoms with Gasteiger partial charge >= 0.3 is 0 Å². The third-order valence-corrected chi connectivity index (χ3v) is 4.82. The molecule has 3 aromatic heterocycles. The molecule has 0 amide bonds. The summed E-state index contributed by atoms with van der Waals surface area (Å²) in [5.41, 5.74) is 2.09. The largest absolute Gasteiger partial charge is 0.394 e. The fourth-order valence-corrected chi connectivity index (χ4v) is 3.44. The maximum Gasteiger partial charge on any atom is 0.164 e. The van der Waals surface area contributed by atoms with Crippen molar-refractivity contribution in [2.24, 2.45) is 0 Å². The van der Waals surface area contributed by atoms with Crippen molar-refractivity contribution in [2.75, 3.05) is 31.7 Å². The third-order valence-electron chi connectivity index (χ3n) is 3.72. The molecule has 3 rings (SSSR count). The Balaban J connectivity index is 1.95. The highest BCUT2D eigenvalue weighted by Gasteiger charge is 2.15. The molecule has 0 saturated carbocycles. The molecule has 3 aromatic rings. The number of aryl methyl sites for hydroxylation is 2. The van der Waals surface area contributed by atoms with Crippen molar-refractivity contribution in [3.8, 4) is 11.4 Å². The van der Waals surface area contributed by atoms with E-state index in [0.29, 0.717) is 25.6 Å².